The summed E-state index contributed by atoms with van der Waals surface area (Å²) in [6.07, 6.45) is 1.12. The predicted molar refractivity (Wildman–Crippen MR) is 40.9 cm³/mol. The molecule has 1 aliphatic rings. The number of rotatable bonds is 0. The van der Waals surface area contributed by atoms with Gasteiger partial charge in [0.05, 0.1) is 11.4 Å². The summed E-state index contributed by atoms with van der Waals surface area (Å²) in [5, 5.41) is 0. The van der Waals surface area contributed by atoms with Crippen LogP contribution in [0.1, 0.15) is 6.42 Å². The summed E-state index contributed by atoms with van der Waals surface area (Å²) >= 11 is 7.01. The van der Waals surface area contributed by atoms with Gasteiger partial charge >= 0.3 is 0 Å². The number of ether oxygens (including phenoxy) is 1. The van der Waals surface area contributed by atoms with E-state index < -0.39 is 0 Å². The number of hydrogen-bond acceptors (Lipinski definition) is 1. The molecule has 2 atom stereocenters. The maximum absolute atomic E-state index is 5.18. The number of hydrogen-bond donors (Lipinski definition) is 0. The van der Waals surface area contributed by atoms with Crippen molar-refractivity contribution >= 4 is 31.9 Å². The van der Waals surface area contributed by atoms with Crippen molar-refractivity contribution in [2.24, 2.45) is 0 Å². The molecule has 0 radical (unpaired) electrons. The Kier molecular flexibility index (Phi) is 2.80. The van der Waals surface area contributed by atoms with Gasteiger partial charge in [-0.05, 0) is 6.42 Å². The highest BCUT2D eigenvalue weighted by Crippen LogP contribution is 2.21. The van der Waals surface area contributed by atoms with Crippen molar-refractivity contribution in [1.82, 2.24) is 0 Å². The molecule has 0 amide bonds. The maximum atomic E-state index is 5.18. The molecule has 8 heavy (non-hydrogen) atoms. The maximum Gasteiger partial charge on any atom is 0.0602 e. The summed E-state index contributed by atoms with van der Waals surface area (Å²) in [4.78, 5) is 1.12. The van der Waals surface area contributed by atoms with Crippen molar-refractivity contribution in [3.8, 4) is 0 Å². The van der Waals surface area contributed by atoms with Gasteiger partial charge in [0.25, 0.3) is 0 Å². The first kappa shape index (κ1) is 7.03. The second-order valence-corrected chi connectivity index (χ2v) is 4.25. The number of alkyl halides is 2. The Bertz CT molecular complexity index is 66.8. The second-order valence-electron chi connectivity index (χ2n) is 1.90. The van der Waals surface area contributed by atoms with Crippen LogP contribution in [0, 0.1) is 0 Å². The van der Waals surface area contributed by atoms with Crippen molar-refractivity contribution in [2.75, 3.05) is 13.2 Å². The minimum absolute atomic E-state index is 0.510. The second kappa shape index (κ2) is 3.18. The zero-order chi connectivity index (χ0) is 5.98. The Hall–Kier alpha value is 0.920. The Labute approximate surface area is 66.0 Å². The van der Waals surface area contributed by atoms with E-state index in [2.05, 4.69) is 31.9 Å². The molecule has 0 aromatic carbocycles. The lowest BCUT2D eigenvalue weighted by molar-refractivity contribution is 0.107. The molecule has 0 unspecified atom stereocenters. The standard InChI is InChI=1S/C5H8Br2O/c6-4-1-2-8-3-5(4)7/h4-5H,1-3H2/t4-,5+/m1/s1. The summed E-state index contributed by atoms with van der Waals surface area (Å²) < 4.78 is 5.18. The quantitative estimate of drug-likeness (QED) is 0.591. The van der Waals surface area contributed by atoms with Gasteiger partial charge in [-0.3, -0.25) is 0 Å². The third-order valence-electron chi connectivity index (χ3n) is 1.21. The predicted octanol–water partition coefficient (Wildman–Crippen LogP) is 1.93. The van der Waals surface area contributed by atoms with Crippen LogP contribution in [0.25, 0.3) is 0 Å². The molecular formula is C5H8Br2O. The van der Waals surface area contributed by atoms with E-state index in [9.17, 15) is 0 Å². The molecule has 1 rings (SSSR count). The molecule has 48 valence electrons. The van der Waals surface area contributed by atoms with Crippen molar-refractivity contribution in [2.45, 2.75) is 16.1 Å². The fraction of sp³-hybridized carbons (Fsp3) is 1.00. The van der Waals surface area contributed by atoms with Crippen LogP contribution in [0.2, 0.25) is 0 Å². The van der Waals surface area contributed by atoms with Crippen LogP contribution in [-0.4, -0.2) is 22.9 Å². The van der Waals surface area contributed by atoms with E-state index in [4.69, 9.17) is 4.74 Å². The molecule has 1 fully saturated rings. The monoisotopic (exact) mass is 242 g/mol. The third-order valence-corrected chi connectivity index (χ3v) is 3.92. The number of halogens is 2. The molecule has 0 aliphatic carbocycles. The average Bonchev–Trinajstić information content (AvgIpc) is 1.77. The van der Waals surface area contributed by atoms with Crippen LogP contribution in [0.5, 0.6) is 0 Å². The lowest BCUT2D eigenvalue weighted by Crippen LogP contribution is -2.27. The molecule has 1 nitrogen and oxygen atoms in total. The summed E-state index contributed by atoms with van der Waals surface area (Å²) in [6.45, 7) is 1.74. The summed E-state index contributed by atoms with van der Waals surface area (Å²) in [5.74, 6) is 0. The zero-order valence-corrected chi connectivity index (χ0v) is 7.61. The highest BCUT2D eigenvalue weighted by atomic mass is 79.9. The molecule has 0 spiro atoms. The van der Waals surface area contributed by atoms with Gasteiger partial charge in [-0.2, -0.15) is 0 Å². The smallest absolute Gasteiger partial charge is 0.0602 e. The van der Waals surface area contributed by atoms with E-state index in [-0.39, 0.29) is 0 Å². The molecule has 0 bridgehead atoms. The van der Waals surface area contributed by atoms with E-state index in [1.54, 1.807) is 0 Å². The molecule has 0 aromatic rings. The Morgan fingerprint density at radius 3 is 2.38 bits per heavy atom. The topological polar surface area (TPSA) is 9.23 Å². The van der Waals surface area contributed by atoms with Crippen molar-refractivity contribution in [3.63, 3.8) is 0 Å². The van der Waals surface area contributed by atoms with Crippen LogP contribution >= 0.6 is 31.9 Å². The lowest BCUT2D eigenvalue weighted by Gasteiger charge is -2.21. The van der Waals surface area contributed by atoms with Gasteiger partial charge in [0.15, 0.2) is 0 Å². The highest BCUT2D eigenvalue weighted by Gasteiger charge is 2.19. The van der Waals surface area contributed by atoms with Gasteiger partial charge in [0, 0.05) is 11.4 Å². The fourth-order valence-electron chi connectivity index (χ4n) is 0.677. The average molecular weight is 244 g/mol. The molecule has 1 aliphatic heterocycles. The molecule has 1 heterocycles. The van der Waals surface area contributed by atoms with E-state index >= 15 is 0 Å². The van der Waals surface area contributed by atoms with Gasteiger partial charge in [0.1, 0.15) is 0 Å². The van der Waals surface area contributed by atoms with Gasteiger partial charge in [0.2, 0.25) is 0 Å². The highest BCUT2D eigenvalue weighted by molar-refractivity contribution is 9.12. The van der Waals surface area contributed by atoms with Gasteiger partial charge in [-0.25, -0.2) is 0 Å². The molecular weight excluding hydrogens is 236 g/mol. The molecule has 0 N–H and O–H groups in total. The third kappa shape index (κ3) is 1.71. The Balaban J connectivity index is 2.28. The Morgan fingerprint density at radius 2 is 2.00 bits per heavy atom. The van der Waals surface area contributed by atoms with Crippen molar-refractivity contribution in [1.29, 1.82) is 0 Å². The first-order valence-corrected chi connectivity index (χ1v) is 4.49. The van der Waals surface area contributed by atoms with Gasteiger partial charge in [-0.1, -0.05) is 31.9 Å². The van der Waals surface area contributed by atoms with E-state index in [1.807, 2.05) is 0 Å². The van der Waals surface area contributed by atoms with E-state index in [1.165, 1.54) is 0 Å². The van der Waals surface area contributed by atoms with Crippen molar-refractivity contribution in [3.05, 3.63) is 0 Å². The van der Waals surface area contributed by atoms with Crippen LogP contribution < -0.4 is 0 Å². The largest absolute Gasteiger partial charge is 0.380 e. The fourth-order valence-corrected chi connectivity index (χ4v) is 1.47. The van der Waals surface area contributed by atoms with Crippen LogP contribution in [-0.2, 0) is 4.74 Å². The zero-order valence-electron chi connectivity index (χ0n) is 4.44. The first-order valence-electron chi connectivity index (χ1n) is 2.66. The van der Waals surface area contributed by atoms with Crippen LogP contribution in [0.3, 0.4) is 0 Å². The van der Waals surface area contributed by atoms with Crippen LogP contribution in [0.15, 0.2) is 0 Å². The minimum Gasteiger partial charge on any atom is -0.380 e. The summed E-state index contributed by atoms with van der Waals surface area (Å²) in [6, 6.07) is 0. The lowest BCUT2D eigenvalue weighted by atomic mass is 10.2. The summed E-state index contributed by atoms with van der Waals surface area (Å²) in [7, 11) is 0. The SMILES string of the molecule is Br[C@@H]1CCOC[C@@H]1Br. The van der Waals surface area contributed by atoms with E-state index in [0.717, 1.165) is 19.6 Å². The molecule has 0 aromatic heterocycles. The van der Waals surface area contributed by atoms with Crippen LogP contribution in [0.4, 0.5) is 0 Å². The van der Waals surface area contributed by atoms with Crippen molar-refractivity contribution < 1.29 is 4.74 Å². The molecule has 1 saturated heterocycles. The van der Waals surface area contributed by atoms with E-state index in [0.29, 0.717) is 9.65 Å². The minimum atomic E-state index is 0.510. The molecule has 3 heteroatoms. The first-order chi connectivity index (χ1) is 3.80. The summed E-state index contributed by atoms with van der Waals surface area (Å²) in [5.41, 5.74) is 0. The molecule has 0 saturated carbocycles. The Morgan fingerprint density at radius 1 is 1.25 bits per heavy atom. The normalized spacial score (nSPS) is 39.8. The van der Waals surface area contributed by atoms with Gasteiger partial charge < -0.3 is 4.74 Å². The van der Waals surface area contributed by atoms with Gasteiger partial charge in [-0.15, -0.1) is 0 Å².